The van der Waals surface area contributed by atoms with Gasteiger partial charge in [-0.25, -0.2) is 0 Å². The Bertz CT molecular complexity index is 345. The van der Waals surface area contributed by atoms with Crippen LogP contribution in [0, 0.1) is 0 Å². The van der Waals surface area contributed by atoms with E-state index < -0.39 is 11.7 Å². The first-order chi connectivity index (χ1) is 6.95. The maximum Gasteiger partial charge on any atom is 0.417 e. The number of carbonyl (C=O) groups excluding carboxylic acids is 1. The molecule has 0 unspecified atom stereocenters. The number of thiophene rings is 1. The maximum absolute atomic E-state index is 12.4. The van der Waals surface area contributed by atoms with Gasteiger partial charge in [-0.05, 0) is 17.9 Å². The largest absolute Gasteiger partial charge is 0.417 e. The molecular formula is C9H10F3NOS. The minimum Gasteiger partial charge on any atom is -0.359 e. The van der Waals surface area contributed by atoms with Gasteiger partial charge in [0.25, 0.3) is 0 Å². The zero-order valence-corrected chi connectivity index (χ0v) is 8.84. The summed E-state index contributed by atoms with van der Waals surface area (Å²) in [5, 5.41) is 3.76. The number of nitrogens with one attached hydrogen (secondary N) is 1. The second kappa shape index (κ2) is 4.65. The fourth-order valence-corrected chi connectivity index (χ4v) is 2.04. The van der Waals surface area contributed by atoms with Crippen molar-refractivity contribution >= 4 is 17.2 Å². The van der Waals surface area contributed by atoms with Crippen LogP contribution in [-0.2, 0) is 17.4 Å². The molecule has 1 amide bonds. The number of rotatable bonds is 3. The number of carbonyl (C=O) groups is 1. The van der Waals surface area contributed by atoms with Crippen molar-refractivity contribution in [2.24, 2.45) is 0 Å². The normalized spacial score (nSPS) is 11.5. The Morgan fingerprint density at radius 2 is 2.20 bits per heavy atom. The van der Waals surface area contributed by atoms with E-state index >= 15 is 0 Å². The third-order valence-corrected chi connectivity index (χ3v) is 2.89. The molecule has 1 N–H and O–H groups in total. The highest BCUT2D eigenvalue weighted by atomic mass is 32.1. The van der Waals surface area contributed by atoms with Gasteiger partial charge in [-0.2, -0.15) is 13.2 Å². The summed E-state index contributed by atoms with van der Waals surface area (Å²) in [6.07, 6.45) is -4.11. The topological polar surface area (TPSA) is 29.1 Å². The first-order valence-electron chi connectivity index (χ1n) is 4.29. The molecule has 0 radical (unpaired) electrons. The highest BCUT2D eigenvalue weighted by Crippen LogP contribution is 2.35. The van der Waals surface area contributed by atoms with Gasteiger partial charge in [0.1, 0.15) is 0 Å². The first kappa shape index (κ1) is 12.0. The third-order valence-electron chi connectivity index (χ3n) is 1.91. The molecule has 0 fully saturated rings. The fraction of sp³-hybridized carbons (Fsp3) is 0.444. The molecule has 6 heteroatoms. The molecule has 84 valence electrons. The second-order valence-electron chi connectivity index (χ2n) is 2.93. The van der Waals surface area contributed by atoms with E-state index in [9.17, 15) is 18.0 Å². The minimum absolute atomic E-state index is 0.0834. The number of halogens is 3. The lowest BCUT2D eigenvalue weighted by molar-refractivity contribution is -0.138. The van der Waals surface area contributed by atoms with Gasteiger partial charge in [0.2, 0.25) is 5.91 Å². The van der Waals surface area contributed by atoms with Crippen molar-refractivity contribution in [1.82, 2.24) is 5.32 Å². The van der Waals surface area contributed by atoms with Crippen molar-refractivity contribution in [1.29, 1.82) is 0 Å². The molecule has 0 aromatic carbocycles. The molecule has 1 heterocycles. The van der Waals surface area contributed by atoms with E-state index in [1.165, 1.54) is 12.4 Å². The molecule has 1 aromatic heterocycles. The molecule has 0 aliphatic carbocycles. The van der Waals surface area contributed by atoms with E-state index in [1.807, 2.05) is 0 Å². The average Bonchev–Trinajstić information content (AvgIpc) is 2.61. The van der Waals surface area contributed by atoms with Crippen LogP contribution in [0.4, 0.5) is 13.2 Å². The van der Waals surface area contributed by atoms with Crippen LogP contribution < -0.4 is 5.32 Å². The van der Waals surface area contributed by atoms with E-state index in [1.54, 1.807) is 0 Å². The zero-order chi connectivity index (χ0) is 11.5. The smallest absolute Gasteiger partial charge is 0.359 e. The highest BCUT2D eigenvalue weighted by molar-refractivity contribution is 7.10. The lowest BCUT2D eigenvalue weighted by atomic mass is 10.1. The molecule has 0 spiro atoms. The quantitative estimate of drug-likeness (QED) is 0.859. The molecule has 0 aliphatic heterocycles. The van der Waals surface area contributed by atoms with Crippen LogP contribution in [0.2, 0.25) is 0 Å². The van der Waals surface area contributed by atoms with Gasteiger partial charge in [-0.15, -0.1) is 11.3 Å². The molecule has 0 atom stereocenters. The summed E-state index contributed by atoms with van der Waals surface area (Å²) in [5.41, 5.74) is -0.628. The number of aryl methyl sites for hydroxylation is 1. The van der Waals surface area contributed by atoms with Crippen molar-refractivity contribution in [3.63, 3.8) is 0 Å². The summed E-state index contributed by atoms with van der Waals surface area (Å²) in [5.74, 6) is -0.253. The number of hydrogen-bond acceptors (Lipinski definition) is 2. The van der Waals surface area contributed by atoms with Gasteiger partial charge in [-0.1, -0.05) is 0 Å². The zero-order valence-electron chi connectivity index (χ0n) is 8.02. The molecule has 0 saturated heterocycles. The second-order valence-corrected chi connectivity index (χ2v) is 3.93. The molecular weight excluding hydrogens is 227 g/mol. The Morgan fingerprint density at radius 3 is 2.73 bits per heavy atom. The van der Waals surface area contributed by atoms with E-state index in [2.05, 4.69) is 5.32 Å². The van der Waals surface area contributed by atoms with Crippen molar-refractivity contribution in [2.75, 3.05) is 7.05 Å². The number of hydrogen-bond donors (Lipinski definition) is 1. The van der Waals surface area contributed by atoms with Gasteiger partial charge < -0.3 is 5.32 Å². The SMILES string of the molecule is CNC(=O)CCc1sccc1C(F)(F)F. The third kappa shape index (κ3) is 3.23. The van der Waals surface area contributed by atoms with Crippen LogP contribution >= 0.6 is 11.3 Å². The molecule has 1 rings (SSSR count). The summed E-state index contributed by atoms with van der Waals surface area (Å²) in [7, 11) is 1.46. The minimum atomic E-state index is -4.32. The predicted octanol–water partition coefficient (Wildman–Crippen LogP) is 2.45. The van der Waals surface area contributed by atoms with Gasteiger partial charge in [-0.3, -0.25) is 4.79 Å². The summed E-state index contributed by atoms with van der Waals surface area (Å²) in [6, 6.07) is 1.05. The molecule has 0 bridgehead atoms. The molecule has 0 aliphatic rings. The van der Waals surface area contributed by atoms with E-state index in [4.69, 9.17) is 0 Å². The summed E-state index contributed by atoms with van der Waals surface area (Å²) >= 11 is 1.03. The van der Waals surface area contributed by atoms with Crippen molar-refractivity contribution in [3.8, 4) is 0 Å². The summed E-state index contributed by atoms with van der Waals surface area (Å²) < 4.78 is 37.2. The summed E-state index contributed by atoms with van der Waals surface area (Å²) in [6.45, 7) is 0. The van der Waals surface area contributed by atoms with Gasteiger partial charge in [0, 0.05) is 18.3 Å². The average molecular weight is 237 g/mol. The first-order valence-corrected chi connectivity index (χ1v) is 5.17. The van der Waals surface area contributed by atoms with Gasteiger partial charge in [0.15, 0.2) is 0 Å². The lowest BCUT2D eigenvalue weighted by Crippen LogP contribution is -2.18. The van der Waals surface area contributed by atoms with Crippen molar-refractivity contribution < 1.29 is 18.0 Å². The van der Waals surface area contributed by atoms with Crippen LogP contribution in [0.15, 0.2) is 11.4 Å². The Kier molecular flexibility index (Phi) is 3.73. The number of amides is 1. The molecule has 15 heavy (non-hydrogen) atoms. The Morgan fingerprint density at radius 1 is 1.53 bits per heavy atom. The lowest BCUT2D eigenvalue weighted by Gasteiger charge is -2.07. The van der Waals surface area contributed by atoms with Crippen LogP contribution in [0.1, 0.15) is 16.9 Å². The van der Waals surface area contributed by atoms with Crippen LogP contribution in [0.5, 0.6) is 0 Å². The van der Waals surface area contributed by atoms with E-state index in [0.717, 1.165) is 17.4 Å². The fourth-order valence-electron chi connectivity index (χ4n) is 1.14. The Hall–Kier alpha value is -1.04. The van der Waals surface area contributed by atoms with Gasteiger partial charge >= 0.3 is 6.18 Å². The van der Waals surface area contributed by atoms with E-state index in [0.29, 0.717) is 0 Å². The van der Waals surface area contributed by atoms with Crippen LogP contribution in [-0.4, -0.2) is 13.0 Å². The molecule has 2 nitrogen and oxygen atoms in total. The van der Waals surface area contributed by atoms with Crippen molar-refractivity contribution in [3.05, 3.63) is 21.9 Å². The number of alkyl halides is 3. The Balaban J connectivity index is 2.70. The monoisotopic (exact) mass is 237 g/mol. The molecule has 1 aromatic rings. The predicted molar refractivity (Wildman–Crippen MR) is 51.7 cm³/mol. The van der Waals surface area contributed by atoms with Crippen LogP contribution in [0.3, 0.4) is 0 Å². The summed E-state index contributed by atoms with van der Waals surface area (Å²) in [4.78, 5) is 11.1. The van der Waals surface area contributed by atoms with Crippen molar-refractivity contribution in [2.45, 2.75) is 19.0 Å². The Labute approximate surface area is 89.1 Å². The standard InChI is InChI=1S/C9H10F3NOS/c1-13-8(14)3-2-7-6(4-5-15-7)9(10,11)12/h4-5H,2-3H2,1H3,(H,13,14). The van der Waals surface area contributed by atoms with Crippen LogP contribution in [0.25, 0.3) is 0 Å². The molecule has 0 saturated carbocycles. The highest BCUT2D eigenvalue weighted by Gasteiger charge is 2.33. The van der Waals surface area contributed by atoms with Gasteiger partial charge in [0.05, 0.1) is 5.56 Å². The van der Waals surface area contributed by atoms with E-state index in [-0.39, 0.29) is 23.6 Å². The maximum atomic E-state index is 12.4.